The van der Waals surface area contributed by atoms with E-state index in [1.165, 1.54) is 91.8 Å². The van der Waals surface area contributed by atoms with E-state index in [1.54, 1.807) is 0 Å². The van der Waals surface area contributed by atoms with Crippen LogP contribution in [0.15, 0.2) is 8.83 Å². The first-order chi connectivity index (χ1) is 32.9. The summed E-state index contributed by atoms with van der Waals surface area (Å²) in [6, 6.07) is -2.15. The second-order valence-corrected chi connectivity index (χ2v) is 21.5. The molecule has 69 heavy (non-hydrogen) atoms. The van der Waals surface area contributed by atoms with E-state index in [0.717, 1.165) is 51.9 Å². The van der Waals surface area contributed by atoms with Crippen molar-refractivity contribution in [1.29, 1.82) is 0 Å². The second kappa shape index (κ2) is 24.5. The quantitative estimate of drug-likeness (QED) is 0.0964. The number of carbonyl (C=O) groups excluding carboxylic acids is 2. The number of hydrogen-bond acceptors (Lipinski definition) is 18. The Morgan fingerprint density at radius 3 is 1.41 bits per heavy atom. The Labute approximate surface area is 407 Å². The summed E-state index contributed by atoms with van der Waals surface area (Å²) >= 11 is 0. The van der Waals surface area contributed by atoms with Crippen molar-refractivity contribution in [2.45, 2.75) is 168 Å². The van der Waals surface area contributed by atoms with Gasteiger partial charge >= 0.3 is 34.5 Å². The van der Waals surface area contributed by atoms with E-state index in [4.69, 9.17) is 19.1 Å². The normalized spacial score (nSPS) is 23.7. The van der Waals surface area contributed by atoms with Gasteiger partial charge < -0.3 is 43.2 Å². The first-order valence-electron chi connectivity index (χ1n) is 25.2. The Kier molecular flexibility index (Phi) is 19.3. The van der Waals surface area contributed by atoms with E-state index in [0.29, 0.717) is 65.5 Å². The highest BCUT2D eigenvalue weighted by atomic mass is 32.3. The number of unbranched alkanes of at least 4 members (excludes halogenated alkanes) is 4. The Morgan fingerprint density at radius 1 is 0.638 bits per heavy atom. The number of rotatable bonds is 20. The molecule has 6 saturated heterocycles. The lowest BCUT2D eigenvalue weighted by atomic mass is 10.00. The van der Waals surface area contributed by atoms with E-state index in [9.17, 15) is 31.0 Å². The van der Waals surface area contributed by atoms with Crippen molar-refractivity contribution in [3.05, 3.63) is 11.8 Å². The lowest BCUT2D eigenvalue weighted by Crippen LogP contribution is -2.50. The first-order valence-corrected chi connectivity index (χ1v) is 27.9. The molecule has 0 unspecified atom stereocenters. The number of hydrogen-bond donors (Lipinski definition) is 2. The molecule has 4 bridgehead atoms. The van der Waals surface area contributed by atoms with Crippen LogP contribution in [0, 0.1) is 5.92 Å². The average molecular weight is 1020 g/mol. The molecule has 392 valence electrons. The molecule has 0 radical (unpaired) electrons. The molecule has 0 saturated carbocycles. The molecule has 24 nitrogen and oxygen atoms in total. The SMILES string of the molecule is CC1CCN(c2nnc([C@@H]3CC[C@@H]4CN3C(=O)N4OS(=O)(=O)[O-])o2)CC1.CCCC[N+](CCCC)(CCCC)CCCC.NC1CCN(c2nnc([C@@H]3CC[C@@H]4CN3C(=O)N4OS(=O)(=O)O)o2)CC1. The molecular formula is C43H76N12O12S2. The van der Waals surface area contributed by atoms with Crippen molar-refractivity contribution in [3.63, 3.8) is 0 Å². The van der Waals surface area contributed by atoms with Crippen LogP contribution in [0.2, 0.25) is 0 Å². The van der Waals surface area contributed by atoms with Crippen molar-refractivity contribution in [2.75, 3.05) is 75.2 Å². The monoisotopic (exact) mass is 1020 g/mol. The number of hydroxylamine groups is 4. The van der Waals surface area contributed by atoms with Crippen molar-refractivity contribution in [1.82, 2.24) is 40.3 Å². The Bertz CT molecular complexity index is 2000. The van der Waals surface area contributed by atoms with E-state index >= 15 is 0 Å². The number of fused-ring (bicyclic) bond motifs is 4. The van der Waals surface area contributed by atoms with Gasteiger partial charge in [-0.1, -0.05) is 70.5 Å². The number of carbonyl (C=O) groups is 2. The third kappa shape index (κ3) is 14.6. The molecule has 8 heterocycles. The van der Waals surface area contributed by atoms with Crippen LogP contribution in [0.4, 0.5) is 21.6 Å². The molecule has 2 aromatic rings. The first kappa shape index (κ1) is 54.4. The predicted molar refractivity (Wildman–Crippen MR) is 251 cm³/mol. The molecule has 0 aromatic carbocycles. The number of nitrogens with zero attached hydrogens (tertiary/aromatic N) is 11. The molecule has 26 heteroatoms. The lowest BCUT2D eigenvalue weighted by molar-refractivity contribution is -0.929. The summed E-state index contributed by atoms with van der Waals surface area (Å²) in [5.41, 5.74) is 5.90. The van der Waals surface area contributed by atoms with Crippen LogP contribution in [-0.4, -0.2) is 166 Å². The molecular weight excluding hydrogens is 941 g/mol. The van der Waals surface area contributed by atoms with Gasteiger partial charge in [-0.05, 0) is 83.0 Å². The smallest absolute Gasteiger partial charge is 0.418 e. The maximum Gasteiger partial charge on any atom is 0.418 e. The third-order valence-corrected chi connectivity index (χ3v) is 14.9. The number of amides is 4. The van der Waals surface area contributed by atoms with Gasteiger partial charge in [0.1, 0.15) is 12.1 Å². The van der Waals surface area contributed by atoms with Gasteiger partial charge in [-0.2, -0.15) is 22.8 Å². The van der Waals surface area contributed by atoms with Crippen LogP contribution in [0.5, 0.6) is 0 Å². The maximum atomic E-state index is 12.4. The van der Waals surface area contributed by atoms with Gasteiger partial charge in [-0.3, -0.25) is 4.55 Å². The topological polar surface area (TPSA) is 287 Å². The highest BCUT2D eigenvalue weighted by molar-refractivity contribution is 7.81. The van der Waals surface area contributed by atoms with Gasteiger partial charge in [-0.15, -0.1) is 14.5 Å². The molecule has 0 spiro atoms. The van der Waals surface area contributed by atoms with Crippen LogP contribution < -0.4 is 15.5 Å². The fourth-order valence-electron chi connectivity index (χ4n) is 10.1. The van der Waals surface area contributed by atoms with Crippen molar-refractivity contribution in [3.8, 4) is 0 Å². The summed E-state index contributed by atoms with van der Waals surface area (Å²) in [5.74, 6) is 1.29. The number of quaternary nitrogens is 1. The zero-order valence-electron chi connectivity index (χ0n) is 41.1. The third-order valence-electron chi connectivity index (χ3n) is 14.2. The molecule has 8 rings (SSSR count). The number of aromatic nitrogens is 4. The zero-order chi connectivity index (χ0) is 49.9. The van der Waals surface area contributed by atoms with Crippen LogP contribution >= 0.6 is 0 Å². The number of anilines is 2. The zero-order valence-corrected chi connectivity index (χ0v) is 42.7. The standard InChI is InChI=1S/C16H36N.C14H21N5O6S.C13H20N6O6S/c1-5-9-13-17(14-10-6-2,15-11-7-3)16-12-8-4;1-9-4-6-17(7-5-9)13-16-15-12(24-13)11-3-2-10-8-18(11)14(20)19(10)25-26(21,22)23;14-8-3-5-17(6-4-8)12-16-15-11(24-12)10-2-1-9-7-18(10)13(20)19(9)25-26(21,22)23/h5-16H2,1-4H3;9-11H,2-8H2,1H3,(H,21,22,23);8-10H,1-7,14H2,(H,21,22,23)/q+1;;/p-1/t;10-,11+;9-,10+/m.11/s1. The summed E-state index contributed by atoms with van der Waals surface area (Å²) in [6.07, 6.45) is 16.9. The van der Waals surface area contributed by atoms with Gasteiger partial charge in [0, 0.05) is 45.3 Å². The van der Waals surface area contributed by atoms with Crippen molar-refractivity contribution in [2.24, 2.45) is 11.7 Å². The van der Waals surface area contributed by atoms with Gasteiger partial charge in [0.2, 0.25) is 22.2 Å². The minimum atomic E-state index is -5.01. The highest BCUT2D eigenvalue weighted by Gasteiger charge is 2.50. The summed E-state index contributed by atoms with van der Waals surface area (Å²) in [7, 11) is -9.77. The second-order valence-electron chi connectivity index (χ2n) is 19.5. The molecule has 3 N–H and O–H groups in total. The van der Waals surface area contributed by atoms with Crippen LogP contribution in [0.3, 0.4) is 0 Å². The van der Waals surface area contributed by atoms with Gasteiger partial charge in [0.15, 0.2) is 0 Å². The Morgan fingerprint density at radius 2 is 1.03 bits per heavy atom. The van der Waals surface area contributed by atoms with Crippen LogP contribution in [-0.2, 0) is 29.4 Å². The summed E-state index contributed by atoms with van der Waals surface area (Å²) in [5, 5.41) is 17.7. The predicted octanol–water partition coefficient (Wildman–Crippen LogP) is 5.32. The fraction of sp³-hybridized carbons (Fsp3) is 0.860. The molecule has 6 fully saturated rings. The van der Waals surface area contributed by atoms with Gasteiger partial charge in [0.25, 0.3) is 0 Å². The minimum absolute atomic E-state index is 0.180. The molecule has 4 atom stereocenters. The molecule has 0 aliphatic carbocycles. The average Bonchev–Trinajstić information content (AvgIpc) is 4.11. The van der Waals surface area contributed by atoms with Crippen molar-refractivity contribution < 1.29 is 57.4 Å². The van der Waals surface area contributed by atoms with Gasteiger partial charge in [0.05, 0.1) is 38.3 Å². The molecule has 4 amide bonds. The van der Waals surface area contributed by atoms with Gasteiger partial charge in [-0.25, -0.2) is 18.0 Å². The van der Waals surface area contributed by atoms with E-state index < -0.39 is 57.0 Å². The molecule has 6 aliphatic rings. The Balaban J connectivity index is 0.000000175. The van der Waals surface area contributed by atoms with E-state index in [1.807, 2.05) is 9.80 Å². The highest BCUT2D eigenvalue weighted by Crippen LogP contribution is 2.40. The number of nitrogens with two attached hydrogens (primary N) is 1. The Hall–Kier alpha value is -3.92. The summed E-state index contributed by atoms with van der Waals surface area (Å²) < 4.78 is 84.9. The summed E-state index contributed by atoms with van der Waals surface area (Å²) in [4.78, 5) is 31.7. The molecule has 6 aliphatic heterocycles. The summed E-state index contributed by atoms with van der Waals surface area (Å²) in [6.45, 7) is 20.9. The lowest BCUT2D eigenvalue weighted by Gasteiger charge is -2.39. The maximum absolute atomic E-state index is 12.4. The largest absolute Gasteiger partial charge is 0.724 e. The van der Waals surface area contributed by atoms with E-state index in [-0.39, 0.29) is 19.1 Å². The number of urea groups is 2. The van der Waals surface area contributed by atoms with Crippen molar-refractivity contribution >= 4 is 44.9 Å². The fourth-order valence-corrected chi connectivity index (χ4v) is 10.9. The minimum Gasteiger partial charge on any atom is -0.724 e. The molecule has 2 aromatic heterocycles. The van der Waals surface area contributed by atoms with Crippen LogP contribution in [0.25, 0.3) is 0 Å². The van der Waals surface area contributed by atoms with E-state index in [2.05, 4.69) is 63.6 Å². The van der Waals surface area contributed by atoms with Crippen LogP contribution in [0.1, 0.15) is 161 Å². The number of piperidine rings is 4.